The molecule has 4 N–H and O–H groups in total. The zero-order valence-corrected chi connectivity index (χ0v) is 3.73. The van der Waals surface area contributed by atoms with Crippen molar-refractivity contribution in [3.8, 4) is 0 Å². The molecular weight excluding hydrogens is 78.1 g/mol. The van der Waals surface area contributed by atoms with Crippen LogP contribution in [-0.4, -0.2) is 19.5 Å². The summed E-state index contributed by atoms with van der Waals surface area (Å²) in [6.07, 6.45) is 1.83. The predicted octanol–water partition coefficient (Wildman–Crippen LogP) is -0.140. The number of hydrogen-bond acceptors (Lipinski definition) is 3. The van der Waals surface area contributed by atoms with Crippen molar-refractivity contribution in [2.75, 3.05) is 7.05 Å². The molecule has 0 aliphatic rings. The van der Waals surface area contributed by atoms with Crippen molar-refractivity contribution in [3.63, 3.8) is 0 Å². The minimum atomic E-state index is 0.917. The highest BCUT2D eigenvalue weighted by Gasteiger charge is 1.34. The van der Waals surface area contributed by atoms with Crippen LogP contribution in [0.1, 0.15) is 0 Å². The van der Waals surface area contributed by atoms with Crippen LogP contribution in [0.4, 0.5) is 0 Å². The quantitative estimate of drug-likeness (QED) is 0.382. The molecule has 0 aromatic rings. The predicted molar refractivity (Wildman–Crippen MR) is 27.7 cm³/mol. The van der Waals surface area contributed by atoms with Crippen LogP contribution < -0.4 is 5.73 Å². The van der Waals surface area contributed by atoms with Gasteiger partial charge >= 0.3 is 0 Å². The lowest BCUT2D eigenvalue weighted by molar-refractivity contribution is 1.48. The third kappa shape index (κ3) is 194. The molecule has 0 radical (unpaired) electrons. The van der Waals surface area contributed by atoms with Crippen LogP contribution >= 0.6 is 0 Å². The van der Waals surface area contributed by atoms with E-state index in [-0.39, 0.29) is 0 Å². The van der Waals surface area contributed by atoms with Crippen LogP contribution in [0.15, 0.2) is 0 Å². The number of nitrogens with two attached hydrogens (primary N) is 1. The topological polar surface area (TPSA) is 73.7 Å². The second-order valence-electron chi connectivity index (χ2n) is 0.333. The third-order valence-electron chi connectivity index (χ3n) is 0.0833. The van der Waals surface area contributed by atoms with Crippen LogP contribution in [0.2, 0.25) is 0 Å². The lowest BCUT2D eigenvalue weighted by atomic mass is 10.9. The van der Waals surface area contributed by atoms with Gasteiger partial charge in [-0.05, 0) is 7.05 Å². The van der Waals surface area contributed by atoms with E-state index in [2.05, 4.69) is 5.73 Å². The van der Waals surface area contributed by atoms with Crippen LogP contribution in [0.25, 0.3) is 0 Å². The van der Waals surface area contributed by atoms with E-state index in [4.69, 9.17) is 10.8 Å². The summed E-state index contributed by atoms with van der Waals surface area (Å²) in [5, 5.41) is 12.2. The molecule has 0 bridgehead atoms. The van der Waals surface area contributed by atoms with Gasteiger partial charge in [-0.3, -0.25) is 0 Å². The van der Waals surface area contributed by atoms with Crippen molar-refractivity contribution in [1.29, 1.82) is 10.8 Å². The summed E-state index contributed by atoms with van der Waals surface area (Å²) in [7, 11) is 1.50. The molecule has 36 valence electrons. The van der Waals surface area contributed by atoms with Gasteiger partial charge in [-0.1, -0.05) is 0 Å². The van der Waals surface area contributed by atoms with Gasteiger partial charge in [0.25, 0.3) is 0 Å². The van der Waals surface area contributed by atoms with E-state index >= 15 is 0 Å². The standard InChI is InChI=1S/C2H4N2.CH5N/c3-1-2-4;1-2/h1-4H;2H2,1H3. The first-order valence-electron chi connectivity index (χ1n) is 1.49. The number of rotatable bonds is 1. The van der Waals surface area contributed by atoms with Crippen molar-refractivity contribution < 1.29 is 0 Å². The van der Waals surface area contributed by atoms with Gasteiger partial charge < -0.3 is 16.6 Å². The molecule has 3 heteroatoms. The van der Waals surface area contributed by atoms with Gasteiger partial charge in [0.2, 0.25) is 0 Å². The van der Waals surface area contributed by atoms with Crippen LogP contribution in [0, 0.1) is 10.8 Å². The Balaban J connectivity index is 0. The molecule has 0 rings (SSSR count). The zero-order chi connectivity index (χ0) is 5.41. The zero-order valence-electron chi connectivity index (χ0n) is 3.73. The molecule has 0 spiro atoms. The molecule has 0 amide bonds. The lowest BCUT2D eigenvalue weighted by Crippen LogP contribution is -1.69. The van der Waals surface area contributed by atoms with Crippen LogP contribution in [0.5, 0.6) is 0 Å². The monoisotopic (exact) mass is 87.1 g/mol. The van der Waals surface area contributed by atoms with Crippen molar-refractivity contribution in [1.82, 2.24) is 0 Å². The first kappa shape index (κ1) is 9.00. The average Bonchev–Trinajstić information content (AvgIpc) is 1.72. The molecule has 3 nitrogen and oxygen atoms in total. The summed E-state index contributed by atoms with van der Waals surface area (Å²) in [6.45, 7) is 0. The van der Waals surface area contributed by atoms with Gasteiger partial charge in [-0.2, -0.15) is 0 Å². The Morgan fingerprint density at radius 2 is 1.33 bits per heavy atom. The van der Waals surface area contributed by atoms with Gasteiger partial charge in [0.05, 0.1) is 0 Å². The Morgan fingerprint density at radius 1 is 1.17 bits per heavy atom. The Labute approximate surface area is 37.2 Å². The Bertz CT molecular complexity index is 27.0. The van der Waals surface area contributed by atoms with E-state index in [0.29, 0.717) is 0 Å². The van der Waals surface area contributed by atoms with Crippen molar-refractivity contribution in [3.05, 3.63) is 0 Å². The van der Waals surface area contributed by atoms with Crippen molar-refractivity contribution >= 4 is 12.4 Å². The number of nitrogens with one attached hydrogen (secondary N) is 2. The molecule has 0 atom stereocenters. The SMILES string of the molecule is CN.N=CC=N. The molecular formula is C3H9N3. The molecule has 6 heavy (non-hydrogen) atoms. The molecule has 0 saturated carbocycles. The average molecular weight is 87.1 g/mol. The maximum atomic E-state index is 6.08. The normalized spacial score (nSPS) is 4.33. The first-order chi connectivity index (χ1) is 2.91. The maximum absolute atomic E-state index is 6.08. The molecule has 0 aromatic carbocycles. The highest BCUT2D eigenvalue weighted by atomic mass is 14.4. The van der Waals surface area contributed by atoms with E-state index in [0.717, 1.165) is 12.4 Å². The van der Waals surface area contributed by atoms with Crippen molar-refractivity contribution in [2.24, 2.45) is 5.73 Å². The van der Waals surface area contributed by atoms with Crippen molar-refractivity contribution in [2.45, 2.75) is 0 Å². The molecule has 0 saturated heterocycles. The van der Waals surface area contributed by atoms with E-state index in [1.165, 1.54) is 7.05 Å². The third-order valence-corrected chi connectivity index (χ3v) is 0.0833. The van der Waals surface area contributed by atoms with Crippen LogP contribution in [0.3, 0.4) is 0 Å². The molecule has 0 aromatic heterocycles. The largest absolute Gasteiger partial charge is 0.333 e. The minimum Gasteiger partial charge on any atom is -0.333 e. The number of hydrogen-bond donors (Lipinski definition) is 3. The van der Waals surface area contributed by atoms with Gasteiger partial charge in [0.1, 0.15) is 0 Å². The van der Waals surface area contributed by atoms with Gasteiger partial charge in [-0.15, -0.1) is 0 Å². The Hall–Kier alpha value is -0.700. The van der Waals surface area contributed by atoms with E-state index < -0.39 is 0 Å². The summed E-state index contributed by atoms with van der Waals surface area (Å²) in [5.41, 5.74) is 4.50. The Kier molecular flexibility index (Phi) is 41.6. The summed E-state index contributed by atoms with van der Waals surface area (Å²) < 4.78 is 0. The second kappa shape index (κ2) is 27.7. The van der Waals surface area contributed by atoms with Gasteiger partial charge in [0.15, 0.2) is 0 Å². The lowest BCUT2D eigenvalue weighted by Gasteiger charge is -1.42. The van der Waals surface area contributed by atoms with Gasteiger partial charge in [-0.25, -0.2) is 0 Å². The maximum Gasteiger partial charge on any atom is 0.0353 e. The summed E-state index contributed by atoms with van der Waals surface area (Å²) in [5.74, 6) is 0. The molecule has 0 unspecified atom stereocenters. The fourth-order valence-corrected chi connectivity index (χ4v) is 0. The molecule has 0 heterocycles. The summed E-state index contributed by atoms with van der Waals surface area (Å²) in [4.78, 5) is 0. The fourth-order valence-electron chi connectivity index (χ4n) is 0. The molecule has 0 fully saturated rings. The molecule has 0 aliphatic heterocycles. The van der Waals surface area contributed by atoms with E-state index in [1.807, 2.05) is 0 Å². The Morgan fingerprint density at radius 3 is 1.33 bits per heavy atom. The highest BCUT2D eigenvalue weighted by Crippen LogP contribution is 1.18. The van der Waals surface area contributed by atoms with E-state index in [1.54, 1.807) is 0 Å². The fraction of sp³-hybridized carbons (Fsp3) is 0.333. The highest BCUT2D eigenvalue weighted by molar-refractivity contribution is 6.12. The van der Waals surface area contributed by atoms with Crippen LogP contribution in [-0.2, 0) is 0 Å². The minimum absolute atomic E-state index is 0.917. The van der Waals surface area contributed by atoms with Gasteiger partial charge in [0, 0.05) is 12.4 Å². The summed E-state index contributed by atoms with van der Waals surface area (Å²) >= 11 is 0. The van der Waals surface area contributed by atoms with E-state index in [9.17, 15) is 0 Å². The summed E-state index contributed by atoms with van der Waals surface area (Å²) in [6, 6.07) is 0. The second-order valence-corrected chi connectivity index (χ2v) is 0.333. The molecule has 0 aliphatic carbocycles. The first-order valence-corrected chi connectivity index (χ1v) is 1.49. The smallest absolute Gasteiger partial charge is 0.0353 e.